The summed E-state index contributed by atoms with van der Waals surface area (Å²) >= 11 is 0. The van der Waals surface area contributed by atoms with Gasteiger partial charge in [-0.2, -0.15) is 4.98 Å². The first-order valence-corrected chi connectivity index (χ1v) is 7.11. The third kappa shape index (κ3) is 4.07. The number of fused-ring (bicyclic) bond motifs is 1. The summed E-state index contributed by atoms with van der Waals surface area (Å²) in [5.41, 5.74) is 7.34. The number of rotatable bonds is 4. The lowest BCUT2D eigenvalue weighted by atomic mass is 10.1. The molecule has 0 bridgehead atoms. The Labute approximate surface area is 124 Å². The summed E-state index contributed by atoms with van der Waals surface area (Å²) in [7, 11) is 0. The smallest absolute Gasteiger partial charge is 0.222 e. The molecular weight excluding hydrogens is 264 g/mol. The third-order valence-electron chi connectivity index (χ3n) is 2.96. The Morgan fingerprint density at radius 3 is 2.90 bits per heavy atom. The number of nitrogen functional groups attached to an aromatic ring is 1. The van der Waals surface area contributed by atoms with Crippen molar-refractivity contribution in [2.45, 2.75) is 32.8 Å². The van der Waals surface area contributed by atoms with Crippen LogP contribution in [-0.4, -0.2) is 27.7 Å². The molecule has 1 heterocycles. The molecule has 5 nitrogen and oxygen atoms in total. The first kappa shape index (κ1) is 15.1. The average Bonchev–Trinajstić information content (AvgIpc) is 2.45. The molecule has 0 radical (unpaired) electrons. The second-order valence-corrected chi connectivity index (χ2v) is 4.89. The lowest BCUT2D eigenvalue weighted by Gasteiger charge is -2.09. The molecule has 0 saturated carbocycles. The van der Waals surface area contributed by atoms with Crippen LogP contribution in [0.3, 0.4) is 0 Å². The molecule has 1 atom stereocenters. The minimum atomic E-state index is -0.648. The van der Waals surface area contributed by atoms with Gasteiger partial charge in [-0.3, -0.25) is 0 Å². The Morgan fingerprint density at radius 1 is 1.38 bits per heavy atom. The number of nitrogens with zero attached hydrogens (tertiary/aromatic N) is 2. The monoisotopic (exact) mass is 284 g/mol. The minimum Gasteiger partial charge on any atom is -0.381 e. The molecule has 21 heavy (non-hydrogen) atoms. The topological polar surface area (TPSA) is 84.1 Å². The average molecular weight is 284 g/mol. The van der Waals surface area contributed by atoms with Gasteiger partial charge in [-0.25, -0.2) is 4.98 Å². The second kappa shape index (κ2) is 6.91. The van der Waals surface area contributed by atoms with Crippen molar-refractivity contribution in [1.29, 1.82) is 0 Å². The highest BCUT2D eigenvalue weighted by atomic mass is 16.3. The van der Waals surface area contributed by atoms with Crippen molar-refractivity contribution >= 4 is 22.7 Å². The number of nitrogens with two attached hydrogens (primary N) is 1. The number of aliphatic hydroxyl groups is 1. The van der Waals surface area contributed by atoms with Crippen LogP contribution in [0.4, 0.5) is 11.8 Å². The molecule has 2 aromatic rings. The number of unbranched alkanes of at least 4 members (excludes halogenated alkanes) is 1. The molecule has 5 heteroatoms. The highest BCUT2D eigenvalue weighted by Crippen LogP contribution is 2.22. The van der Waals surface area contributed by atoms with Gasteiger partial charge in [-0.1, -0.05) is 25.2 Å². The second-order valence-electron chi connectivity index (χ2n) is 4.89. The van der Waals surface area contributed by atoms with Gasteiger partial charge in [0, 0.05) is 17.5 Å². The van der Waals surface area contributed by atoms with Crippen molar-refractivity contribution in [3.8, 4) is 11.8 Å². The summed E-state index contributed by atoms with van der Waals surface area (Å²) in [6.07, 6.45) is 1.52. The van der Waals surface area contributed by atoms with Crippen LogP contribution in [0.1, 0.15) is 32.3 Å². The summed E-state index contributed by atoms with van der Waals surface area (Å²) in [6, 6.07) is 5.64. The molecule has 0 aliphatic heterocycles. The Balaban J connectivity index is 2.41. The molecule has 0 saturated heterocycles. The number of hydrogen-bond donors (Lipinski definition) is 3. The number of hydrogen-bond acceptors (Lipinski definition) is 5. The number of nitrogens with one attached hydrogen (secondary N) is 1. The highest BCUT2D eigenvalue weighted by Gasteiger charge is 2.06. The Morgan fingerprint density at radius 2 is 2.19 bits per heavy atom. The molecule has 0 amide bonds. The van der Waals surface area contributed by atoms with E-state index in [1.807, 2.05) is 18.2 Å². The minimum absolute atomic E-state index is 0.254. The summed E-state index contributed by atoms with van der Waals surface area (Å²) in [6.45, 7) is 4.61. The van der Waals surface area contributed by atoms with E-state index in [0.29, 0.717) is 0 Å². The van der Waals surface area contributed by atoms with Crippen LogP contribution in [0.2, 0.25) is 0 Å². The van der Waals surface area contributed by atoms with Gasteiger partial charge in [0.2, 0.25) is 5.95 Å². The fraction of sp³-hybridized carbons (Fsp3) is 0.375. The summed E-state index contributed by atoms with van der Waals surface area (Å²) in [4.78, 5) is 8.50. The summed E-state index contributed by atoms with van der Waals surface area (Å²) < 4.78 is 0. The van der Waals surface area contributed by atoms with Gasteiger partial charge in [0.05, 0.1) is 5.52 Å². The molecule has 0 fully saturated rings. The van der Waals surface area contributed by atoms with Crippen LogP contribution < -0.4 is 11.1 Å². The van der Waals surface area contributed by atoms with Crippen LogP contribution in [0.15, 0.2) is 18.2 Å². The van der Waals surface area contributed by atoms with E-state index in [1.54, 1.807) is 6.92 Å². The largest absolute Gasteiger partial charge is 0.381 e. The van der Waals surface area contributed by atoms with E-state index in [2.05, 4.69) is 34.0 Å². The normalized spacial score (nSPS) is 11.8. The molecule has 110 valence electrons. The van der Waals surface area contributed by atoms with Crippen molar-refractivity contribution in [3.63, 3.8) is 0 Å². The fourth-order valence-corrected chi connectivity index (χ4v) is 1.93. The van der Waals surface area contributed by atoms with Gasteiger partial charge in [-0.15, -0.1) is 0 Å². The molecule has 0 spiro atoms. The zero-order valence-corrected chi connectivity index (χ0v) is 12.3. The Kier molecular flexibility index (Phi) is 4.96. The lowest BCUT2D eigenvalue weighted by Crippen LogP contribution is -2.06. The van der Waals surface area contributed by atoms with Crippen LogP contribution in [-0.2, 0) is 0 Å². The molecule has 0 aliphatic carbocycles. The van der Waals surface area contributed by atoms with Gasteiger partial charge in [0.25, 0.3) is 0 Å². The van der Waals surface area contributed by atoms with Gasteiger partial charge in [0.15, 0.2) is 0 Å². The fourth-order valence-electron chi connectivity index (χ4n) is 1.93. The highest BCUT2D eigenvalue weighted by molar-refractivity contribution is 5.91. The van der Waals surface area contributed by atoms with Crippen LogP contribution in [0, 0.1) is 11.8 Å². The lowest BCUT2D eigenvalue weighted by molar-refractivity contribution is 0.253. The molecule has 4 N–H and O–H groups in total. The number of benzene rings is 1. The van der Waals surface area contributed by atoms with Gasteiger partial charge >= 0.3 is 0 Å². The molecule has 1 aromatic heterocycles. The van der Waals surface area contributed by atoms with E-state index in [0.717, 1.165) is 41.7 Å². The van der Waals surface area contributed by atoms with Crippen LogP contribution in [0.25, 0.3) is 10.9 Å². The van der Waals surface area contributed by atoms with E-state index in [9.17, 15) is 5.11 Å². The number of aromatic nitrogens is 2. The molecule has 2 rings (SSSR count). The van der Waals surface area contributed by atoms with E-state index < -0.39 is 6.10 Å². The predicted molar refractivity (Wildman–Crippen MR) is 85.9 cm³/mol. The van der Waals surface area contributed by atoms with Crippen molar-refractivity contribution in [2.24, 2.45) is 0 Å². The first-order valence-electron chi connectivity index (χ1n) is 7.11. The summed E-state index contributed by atoms with van der Waals surface area (Å²) in [5, 5.41) is 13.4. The van der Waals surface area contributed by atoms with Crippen molar-refractivity contribution in [1.82, 2.24) is 9.97 Å². The predicted octanol–water partition coefficient (Wildman–Crippen LogP) is 2.16. The zero-order valence-electron chi connectivity index (χ0n) is 12.3. The van der Waals surface area contributed by atoms with E-state index in [4.69, 9.17) is 5.73 Å². The van der Waals surface area contributed by atoms with Crippen molar-refractivity contribution < 1.29 is 5.11 Å². The van der Waals surface area contributed by atoms with Crippen LogP contribution in [0.5, 0.6) is 0 Å². The molecule has 1 aromatic carbocycles. The van der Waals surface area contributed by atoms with E-state index >= 15 is 0 Å². The third-order valence-corrected chi connectivity index (χ3v) is 2.96. The summed E-state index contributed by atoms with van der Waals surface area (Å²) in [5.74, 6) is 6.64. The van der Waals surface area contributed by atoms with Gasteiger partial charge in [0.1, 0.15) is 11.9 Å². The van der Waals surface area contributed by atoms with E-state index in [1.165, 1.54) is 0 Å². The molecule has 0 aliphatic rings. The molecule has 1 unspecified atom stereocenters. The van der Waals surface area contributed by atoms with Gasteiger partial charge < -0.3 is 16.2 Å². The van der Waals surface area contributed by atoms with E-state index in [-0.39, 0.29) is 5.95 Å². The molecular formula is C16H20N4O. The van der Waals surface area contributed by atoms with Crippen molar-refractivity contribution in [2.75, 3.05) is 17.6 Å². The van der Waals surface area contributed by atoms with Crippen molar-refractivity contribution in [3.05, 3.63) is 23.8 Å². The number of aliphatic hydroxyl groups excluding tert-OH is 1. The quantitative estimate of drug-likeness (QED) is 0.592. The zero-order chi connectivity index (χ0) is 15.2. The van der Waals surface area contributed by atoms with Crippen LogP contribution >= 0.6 is 0 Å². The maximum Gasteiger partial charge on any atom is 0.222 e. The maximum absolute atomic E-state index is 9.23. The van der Waals surface area contributed by atoms with Gasteiger partial charge in [-0.05, 0) is 31.5 Å². The first-order chi connectivity index (χ1) is 10.1. The Bertz CT molecular complexity index is 686. The SMILES string of the molecule is CCCCNc1nc(N)nc2ccc(C#CC(C)O)cc12. The Hall–Kier alpha value is -2.32. The number of anilines is 2. The maximum atomic E-state index is 9.23. The standard InChI is InChI=1S/C16H20N4O/c1-3-4-9-18-15-13-10-12(6-5-11(2)21)7-8-14(13)19-16(17)20-15/h7-8,10-11,21H,3-4,9H2,1-2H3,(H3,17,18,19,20).